The lowest BCUT2D eigenvalue weighted by molar-refractivity contribution is 0.0654. The summed E-state index contributed by atoms with van der Waals surface area (Å²) in [6.07, 6.45) is 1.93. The predicted octanol–water partition coefficient (Wildman–Crippen LogP) is 1.19. The van der Waals surface area contributed by atoms with Crippen LogP contribution in [0.2, 0.25) is 5.02 Å². The Labute approximate surface area is 123 Å². The second kappa shape index (κ2) is 6.39. The van der Waals surface area contributed by atoms with E-state index in [1.807, 2.05) is 0 Å². The van der Waals surface area contributed by atoms with E-state index in [1.54, 1.807) is 24.1 Å². The van der Waals surface area contributed by atoms with Gasteiger partial charge in [-0.2, -0.15) is 0 Å². The largest absolute Gasteiger partial charge is 0.337 e. The van der Waals surface area contributed by atoms with Gasteiger partial charge in [0.2, 0.25) is 0 Å². The third-order valence-corrected chi connectivity index (χ3v) is 4.06. The van der Waals surface area contributed by atoms with Gasteiger partial charge in [-0.25, -0.2) is 10.8 Å². The number of carbonyl (C=O) groups is 1. The maximum Gasteiger partial charge on any atom is 0.274 e. The monoisotopic (exact) mass is 297 g/mol. The molecule has 0 aliphatic carbocycles. The Morgan fingerprint density at radius 3 is 2.75 bits per heavy atom. The summed E-state index contributed by atoms with van der Waals surface area (Å²) in [5, 5.41) is 0.341. The lowest BCUT2D eigenvalue weighted by atomic mass is 10.0. The number of amides is 1. The molecule has 0 atom stereocenters. The molecule has 1 aromatic heterocycles. The third kappa shape index (κ3) is 3.20. The normalized spacial score (nSPS) is 17.0. The number of hydrogen-bond acceptors (Lipinski definition) is 5. The van der Waals surface area contributed by atoms with Crippen molar-refractivity contribution in [1.82, 2.24) is 14.8 Å². The summed E-state index contributed by atoms with van der Waals surface area (Å²) in [6, 6.07) is 3.49. The van der Waals surface area contributed by atoms with Crippen molar-refractivity contribution in [2.24, 2.45) is 5.84 Å². The number of hydrazine groups is 1. The van der Waals surface area contributed by atoms with Crippen molar-refractivity contribution in [3.05, 3.63) is 22.8 Å². The molecule has 1 aromatic rings. The van der Waals surface area contributed by atoms with E-state index in [-0.39, 0.29) is 17.6 Å². The van der Waals surface area contributed by atoms with Gasteiger partial charge in [-0.1, -0.05) is 11.6 Å². The topological polar surface area (TPSA) is 74.5 Å². The van der Waals surface area contributed by atoms with Crippen LogP contribution in [0.1, 0.15) is 23.3 Å². The van der Waals surface area contributed by atoms with Gasteiger partial charge in [0.25, 0.3) is 5.91 Å². The van der Waals surface area contributed by atoms with Gasteiger partial charge >= 0.3 is 0 Å². The molecule has 2 heterocycles. The molecule has 1 aliphatic heterocycles. The van der Waals surface area contributed by atoms with Crippen LogP contribution >= 0.6 is 11.6 Å². The second-order valence-electron chi connectivity index (χ2n) is 5.12. The maximum atomic E-state index is 12.5. The van der Waals surface area contributed by atoms with Gasteiger partial charge in [-0.3, -0.25) is 4.79 Å². The molecular formula is C13H20ClN5O. The summed E-state index contributed by atoms with van der Waals surface area (Å²) < 4.78 is 0. The number of nitrogens with two attached hydrogens (primary N) is 1. The minimum Gasteiger partial charge on any atom is -0.337 e. The summed E-state index contributed by atoms with van der Waals surface area (Å²) in [4.78, 5) is 20.7. The first kappa shape index (κ1) is 15.0. The molecular weight excluding hydrogens is 278 g/mol. The average Bonchev–Trinajstić information content (AvgIpc) is 2.47. The molecule has 110 valence electrons. The SMILES string of the molecule is CN1CCC(N(C)C(=O)c2nc(NN)ccc2Cl)CC1. The van der Waals surface area contributed by atoms with E-state index >= 15 is 0 Å². The van der Waals surface area contributed by atoms with Gasteiger partial charge in [0, 0.05) is 13.1 Å². The van der Waals surface area contributed by atoms with Gasteiger partial charge in [-0.05, 0) is 45.1 Å². The quantitative estimate of drug-likeness (QED) is 0.647. The number of nitrogen functional groups attached to an aromatic ring is 1. The Hall–Kier alpha value is -1.37. The van der Waals surface area contributed by atoms with E-state index in [0.29, 0.717) is 10.8 Å². The van der Waals surface area contributed by atoms with E-state index in [0.717, 1.165) is 25.9 Å². The summed E-state index contributed by atoms with van der Waals surface area (Å²) in [6.45, 7) is 1.99. The zero-order valence-electron chi connectivity index (χ0n) is 11.8. The number of nitrogens with one attached hydrogen (secondary N) is 1. The summed E-state index contributed by atoms with van der Waals surface area (Å²) in [5.74, 6) is 5.58. The van der Waals surface area contributed by atoms with Gasteiger partial charge in [0.15, 0.2) is 0 Å². The smallest absolute Gasteiger partial charge is 0.274 e. The zero-order chi connectivity index (χ0) is 14.7. The van der Waals surface area contributed by atoms with Crippen molar-refractivity contribution in [1.29, 1.82) is 0 Å². The second-order valence-corrected chi connectivity index (χ2v) is 5.53. The molecule has 0 radical (unpaired) electrons. The van der Waals surface area contributed by atoms with Gasteiger partial charge < -0.3 is 15.2 Å². The van der Waals surface area contributed by atoms with E-state index < -0.39 is 0 Å². The molecule has 1 saturated heterocycles. The van der Waals surface area contributed by atoms with Crippen molar-refractivity contribution in [2.45, 2.75) is 18.9 Å². The van der Waals surface area contributed by atoms with Gasteiger partial charge in [0.05, 0.1) is 5.02 Å². The predicted molar refractivity (Wildman–Crippen MR) is 79.7 cm³/mol. The molecule has 0 spiro atoms. The summed E-state index contributed by atoms with van der Waals surface area (Å²) in [5.41, 5.74) is 2.67. The summed E-state index contributed by atoms with van der Waals surface area (Å²) in [7, 11) is 3.89. The Morgan fingerprint density at radius 1 is 1.50 bits per heavy atom. The van der Waals surface area contributed by atoms with Crippen molar-refractivity contribution < 1.29 is 4.79 Å². The molecule has 3 N–H and O–H groups in total. The van der Waals surface area contributed by atoms with E-state index in [9.17, 15) is 4.79 Å². The first-order chi connectivity index (χ1) is 9.52. The highest BCUT2D eigenvalue weighted by Gasteiger charge is 2.26. The number of hydrogen-bond donors (Lipinski definition) is 2. The Morgan fingerprint density at radius 2 is 2.15 bits per heavy atom. The fourth-order valence-electron chi connectivity index (χ4n) is 2.39. The van der Waals surface area contributed by atoms with Crippen LogP contribution in [-0.4, -0.2) is 53.9 Å². The molecule has 0 unspecified atom stereocenters. The van der Waals surface area contributed by atoms with Crippen molar-refractivity contribution in [3.63, 3.8) is 0 Å². The Kier molecular flexibility index (Phi) is 4.80. The maximum absolute atomic E-state index is 12.5. The molecule has 7 heteroatoms. The first-order valence-corrected chi connectivity index (χ1v) is 6.99. The van der Waals surface area contributed by atoms with Crippen LogP contribution < -0.4 is 11.3 Å². The number of likely N-dealkylation sites (tertiary alicyclic amines) is 1. The number of aromatic nitrogens is 1. The zero-order valence-corrected chi connectivity index (χ0v) is 12.5. The number of halogens is 1. The highest BCUT2D eigenvalue weighted by Crippen LogP contribution is 2.21. The number of anilines is 1. The molecule has 0 saturated carbocycles. The Bertz CT molecular complexity index is 488. The van der Waals surface area contributed by atoms with Gasteiger partial charge in [-0.15, -0.1) is 0 Å². The minimum atomic E-state index is -0.165. The third-order valence-electron chi connectivity index (χ3n) is 3.75. The molecule has 1 aliphatic rings. The number of piperidine rings is 1. The number of pyridine rings is 1. The van der Waals surface area contributed by atoms with Crippen LogP contribution in [0.15, 0.2) is 12.1 Å². The highest BCUT2D eigenvalue weighted by atomic mass is 35.5. The van der Waals surface area contributed by atoms with E-state index in [4.69, 9.17) is 17.4 Å². The highest BCUT2D eigenvalue weighted by molar-refractivity contribution is 6.33. The van der Waals surface area contributed by atoms with Crippen LogP contribution in [0.3, 0.4) is 0 Å². The lowest BCUT2D eigenvalue weighted by Gasteiger charge is -2.35. The first-order valence-electron chi connectivity index (χ1n) is 6.61. The van der Waals surface area contributed by atoms with Crippen molar-refractivity contribution in [2.75, 3.05) is 32.6 Å². The molecule has 1 amide bonds. The van der Waals surface area contributed by atoms with Crippen LogP contribution in [0, 0.1) is 0 Å². The van der Waals surface area contributed by atoms with Crippen molar-refractivity contribution in [3.8, 4) is 0 Å². The standard InChI is InChI=1S/C13H20ClN5O/c1-18-7-5-9(6-8-18)19(2)13(20)12-10(14)3-4-11(16-12)17-15/h3-4,9H,5-8,15H2,1-2H3,(H,16,17). The lowest BCUT2D eigenvalue weighted by Crippen LogP contribution is -2.44. The summed E-state index contributed by atoms with van der Waals surface area (Å²) >= 11 is 6.07. The van der Waals surface area contributed by atoms with Crippen LogP contribution in [0.5, 0.6) is 0 Å². The molecule has 20 heavy (non-hydrogen) atoms. The van der Waals surface area contributed by atoms with E-state index in [2.05, 4.69) is 22.4 Å². The van der Waals surface area contributed by atoms with Crippen LogP contribution in [0.25, 0.3) is 0 Å². The number of nitrogens with zero attached hydrogens (tertiary/aromatic N) is 3. The molecule has 2 rings (SSSR count). The number of rotatable bonds is 3. The van der Waals surface area contributed by atoms with E-state index in [1.165, 1.54) is 0 Å². The number of carbonyl (C=O) groups excluding carboxylic acids is 1. The van der Waals surface area contributed by atoms with Crippen LogP contribution in [0.4, 0.5) is 5.82 Å². The van der Waals surface area contributed by atoms with Crippen LogP contribution in [-0.2, 0) is 0 Å². The molecule has 0 aromatic carbocycles. The average molecular weight is 298 g/mol. The fourth-order valence-corrected chi connectivity index (χ4v) is 2.57. The van der Waals surface area contributed by atoms with Crippen molar-refractivity contribution >= 4 is 23.3 Å². The molecule has 6 nitrogen and oxygen atoms in total. The fraction of sp³-hybridized carbons (Fsp3) is 0.538. The molecule has 1 fully saturated rings. The Balaban J connectivity index is 2.14. The minimum absolute atomic E-state index is 0.165. The van der Waals surface area contributed by atoms with Gasteiger partial charge in [0.1, 0.15) is 11.5 Å². The molecule has 0 bridgehead atoms.